The van der Waals surface area contributed by atoms with Crippen molar-refractivity contribution in [3.05, 3.63) is 0 Å². The first-order valence-electron chi connectivity index (χ1n) is 4.15. The van der Waals surface area contributed by atoms with Crippen LogP contribution in [0.4, 0.5) is 0 Å². The minimum atomic E-state index is 1.12. The predicted octanol–water partition coefficient (Wildman–Crippen LogP) is 3.04. The van der Waals surface area contributed by atoms with Gasteiger partial charge in [-0.1, -0.05) is 21.4 Å². The molecule has 0 saturated carbocycles. The van der Waals surface area contributed by atoms with E-state index >= 15 is 0 Å². The van der Waals surface area contributed by atoms with Crippen LogP contribution in [-0.4, -0.2) is 11.3 Å². The highest BCUT2D eigenvalue weighted by Gasteiger charge is 2.26. The molecule has 0 aromatic rings. The average Bonchev–Trinajstić information content (AvgIpc) is 2.09. The number of hydrogen-bond acceptors (Lipinski definition) is 0. The van der Waals surface area contributed by atoms with Gasteiger partial charge in [0.15, 0.2) is 0 Å². The average molecular weight is 141 g/mol. The lowest BCUT2D eigenvalue weighted by Crippen LogP contribution is -1.95. The molecule has 0 aliphatic carbocycles. The lowest BCUT2D eigenvalue weighted by molar-refractivity contribution is 0.556. The van der Waals surface area contributed by atoms with E-state index in [1.807, 2.05) is 8.58 Å². The molecule has 9 heavy (non-hydrogen) atoms. The van der Waals surface area contributed by atoms with Crippen LogP contribution in [0.5, 0.6) is 0 Å². The molecule has 2 unspecified atom stereocenters. The first-order valence-corrected chi connectivity index (χ1v) is 5.18. The molecule has 2 aliphatic heterocycles. The SMILES string of the molecule is C1CCC2CCC(C1)[P]2. The monoisotopic (exact) mass is 141 g/mol. The molecule has 2 saturated heterocycles. The smallest absolute Gasteiger partial charge is 0.0168 e. The van der Waals surface area contributed by atoms with Crippen molar-refractivity contribution in [2.75, 3.05) is 0 Å². The van der Waals surface area contributed by atoms with Crippen LogP contribution in [0.25, 0.3) is 0 Å². The van der Waals surface area contributed by atoms with Crippen molar-refractivity contribution in [3.8, 4) is 0 Å². The minimum absolute atomic E-state index is 1.12. The molecule has 2 bridgehead atoms. The molecule has 0 nitrogen and oxygen atoms in total. The van der Waals surface area contributed by atoms with Crippen LogP contribution in [-0.2, 0) is 0 Å². The van der Waals surface area contributed by atoms with Crippen molar-refractivity contribution in [3.63, 3.8) is 0 Å². The normalized spacial score (nSPS) is 45.3. The van der Waals surface area contributed by atoms with Crippen LogP contribution in [0.3, 0.4) is 0 Å². The Morgan fingerprint density at radius 2 is 1.33 bits per heavy atom. The largest absolute Gasteiger partial charge is 0.0741 e. The zero-order valence-corrected chi connectivity index (χ0v) is 6.74. The number of fused-ring (bicyclic) bond motifs is 2. The van der Waals surface area contributed by atoms with E-state index in [0.29, 0.717) is 0 Å². The van der Waals surface area contributed by atoms with E-state index in [1.54, 1.807) is 12.8 Å². The van der Waals surface area contributed by atoms with Gasteiger partial charge in [0.05, 0.1) is 0 Å². The topological polar surface area (TPSA) is 0 Å². The van der Waals surface area contributed by atoms with Gasteiger partial charge in [0.2, 0.25) is 0 Å². The van der Waals surface area contributed by atoms with Gasteiger partial charge in [0.1, 0.15) is 0 Å². The summed E-state index contributed by atoms with van der Waals surface area (Å²) in [6, 6.07) is 0. The molecule has 0 amide bonds. The van der Waals surface area contributed by atoms with E-state index in [1.165, 1.54) is 25.7 Å². The second-order valence-corrected chi connectivity index (χ2v) is 5.08. The Kier molecular flexibility index (Phi) is 1.77. The molecule has 0 aromatic heterocycles. The maximum atomic E-state index is 1.81. The number of rotatable bonds is 0. The van der Waals surface area contributed by atoms with Crippen LogP contribution >= 0.6 is 8.58 Å². The van der Waals surface area contributed by atoms with Crippen molar-refractivity contribution < 1.29 is 0 Å². The zero-order valence-electron chi connectivity index (χ0n) is 5.84. The summed E-state index contributed by atoms with van der Waals surface area (Å²) in [5.74, 6) is 0. The van der Waals surface area contributed by atoms with Gasteiger partial charge in [-0.3, -0.25) is 0 Å². The third-order valence-corrected chi connectivity index (χ3v) is 4.46. The molecule has 1 radical (unpaired) electrons. The highest BCUT2D eigenvalue weighted by atomic mass is 31.1. The van der Waals surface area contributed by atoms with Gasteiger partial charge in [-0.25, -0.2) is 0 Å². The van der Waals surface area contributed by atoms with Crippen molar-refractivity contribution >= 4 is 8.58 Å². The summed E-state index contributed by atoms with van der Waals surface area (Å²) in [5.41, 5.74) is 2.25. The summed E-state index contributed by atoms with van der Waals surface area (Å²) in [6.07, 6.45) is 9.22. The highest BCUT2D eigenvalue weighted by Crippen LogP contribution is 2.46. The van der Waals surface area contributed by atoms with Crippen LogP contribution in [0, 0.1) is 0 Å². The summed E-state index contributed by atoms with van der Waals surface area (Å²) < 4.78 is 0. The molecule has 0 spiro atoms. The van der Waals surface area contributed by atoms with Crippen molar-refractivity contribution in [2.24, 2.45) is 0 Å². The molecule has 2 aliphatic rings. The fraction of sp³-hybridized carbons (Fsp3) is 1.00. The first-order chi connectivity index (χ1) is 4.45. The quantitative estimate of drug-likeness (QED) is 0.455. The first kappa shape index (κ1) is 6.16. The molecule has 51 valence electrons. The van der Waals surface area contributed by atoms with Gasteiger partial charge >= 0.3 is 0 Å². The standard InChI is InChI=1S/C8H14P/c1-2-4-8-6-5-7(3-1)9-8/h7-8H,1-6H2. The zero-order chi connectivity index (χ0) is 6.10. The Morgan fingerprint density at radius 1 is 0.778 bits per heavy atom. The molecule has 2 rings (SSSR count). The Balaban J connectivity index is 1.99. The predicted molar refractivity (Wildman–Crippen MR) is 42.2 cm³/mol. The summed E-state index contributed by atoms with van der Waals surface area (Å²) in [7, 11) is 1.81. The second-order valence-electron chi connectivity index (χ2n) is 3.32. The Morgan fingerprint density at radius 3 is 1.89 bits per heavy atom. The van der Waals surface area contributed by atoms with E-state index in [-0.39, 0.29) is 0 Å². The summed E-state index contributed by atoms with van der Waals surface area (Å²) >= 11 is 0. The van der Waals surface area contributed by atoms with Crippen LogP contribution < -0.4 is 0 Å². The third-order valence-electron chi connectivity index (χ3n) is 2.58. The fourth-order valence-electron chi connectivity index (χ4n) is 2.03. The van der Waals surface area contributed by atoms with Crippen molar-refractivity contribution in [1.82, 2.24) is 0 Å². The fourth-order valence-corrected chi connectivity index (χ4v) is 3.89. The van der Waals surface area contributed by atoms with E-state index < -0.39 is 0 Å². The van der Waals surface area contributed by atoms with Crippen LogP contribution in [0.1, 0.15) is 38.5 Å². The Hall–Kier alpha value is 0.430. The molecular weight excluding hydrogens is 127 g/mol. The highest BCUT2D eigenvalue weighted by molar-refractivity contribution is 7.40. The maximum absolute atomic E-state index is 1.81. The summed E-state index contributed by atoms with van der Waals surface area (Å²) in [5, 5.41) is 0. The van der Waals surface area contributed by atoms with Crippen LogP contribution in [0.15, 0.2) is 0 Å². The van der Waals surface area contributed by atoms with Crippen LogP contribution in [0.2, 0.25) is 0 Å². The van der Waals surface area contributed by atoms with Gasteiger partial charge < -0.3 is 0 Å². The van der Waals surface area contributed by atoms with Gasteiger partial charge in [0, 0.05) is 0 Å². The van der Waals surface area contributed by atoms with Gasteiger partial charge in [-0.15, -0.1) is 0 Å². The molecule has 0 aromatic carbocycles. The van der Waals surface area contributed by atoms with E-state index in [9.17, 15) is 0 Å². The molecule has 2 heterocycles. The maximum Gasteiger partial charge on any atom is -0.0168 e. The third kappa shape index (κ3) is 1.29. The van der Waals surface area contributed by atoms with E-state index in [4.69, 9.17) is 0 Å². The molecular formula is C8H14P. The summed E-state index contributed by atoms with van der Waals surface area (Å²) in [4.78, 5) is 0. The van der Waals surface area contributed by atoms with Gasteiger partial charge in [0.25, 0.3) is 0 Å². The number of hydrogen-bond donors (Lipinski definition) is 0. The lowest BCUT2D eigenvalue weighted by Gasteiger charge is -2.04. The Labute approximate surface area is 59.2 Å². The Bertz CT molecular complexity index is 88.7. The van der Waals surface area contributed by atoms with E-state index in [2.05, 4.69) is 0 Å². The van der Waals surface area contributed by atoms with Crippen molar-refractivity contribution in [1.29, 1.82) is 0 Å². The van der Waals surface area contributed by atoms with Crippen molar-refractivity contribution in [2.45, 2.75) is 49.8 Å². The van der Waals surface area contributed by atoms with Gasteiger partial charge in [-0.05, 0) is 37.0 Å². The van der Waals surface area contributed by atoms with E-state index in [0.717, 1.165) is 11.3 Å². The molecule has 0 N–H and O–H groups in total. The second kappa shape index (κ2) is 2.58. The van der Waals surface area contributed by atoms with Gasteiger partial charge in [-0.2, -0.15) is 0 Å². The molecule has 1 heteroatoms. The lowest BCUT2D eigenvalue weighted by atomic mass is 10.0. The summed E-state index contributed by atoms with van der Waals surface area (Å²) in [6.45, 7) is 0. The molecule has 2 fully saturated rings. The minimum Gasteiger partial charge on any atom is -0.0741 e. The molecule has 2 atom stereocenters.